The summed E-state index contributed by atoms with van der Waals surface area (Å²) in [6.07, 6.45) is -1.23. The second-order valence-electron chi connectivity index (χ2n) is 7.03. The molecule has 0 aromatic heterocycles. The predicted molar refractivity (Wildman–Crippen MR) is 79.2 cm³/mol. The van der Waals surface area contributed by atoms with Crippen molar-refractivity contribution in [3.63, 3.8) is 0 Å². The quantitative estimate of drug-likeness (QED) is 0.280. The topological polar surface area (TPSA) is 78.9 Å². The minimum absolute atomic E-state index is 0.198. The van der Waals surface area contributed by atoms with Crippen molar-refractivity contribution in [3.05, 3.63) is 12.2 Å². The third-order valence-corrected chi connectivity index (χ3v) is 6.91. The average Bonchev–Trinajstić information content (AvgIpc) is 3.13. The lowest BCUT2D eigenvalue weighted by Gasteiger charge is -2.30. The Morgan fingerprint density at radius 3 is 2.42 bits per heavy atom. The van der Waals surface area contributed by atoms with E-state index in [4.69, 9.17) is 8.92 Å². The first-order valence-corrected chi connectivity index (χ1v) is 9.45. The standard InChI is InChI=1S/C15H18F4O6S/c1-7(2)13(20)24-6-15(18,19)14(16,17)5-23-11-8-3-9-10(4-8)26(21,22)25-12(9)11/h8-12H,1,3-6H2,2H3. The van der Waals surface area contributed by atoms with Crippen LogP contribution in [0, 0.1) is 11.8 Å². The molecular weight excluding hydrogens is 384 g/mol. The maximum atomic E-state index is 13.9. The number of rotatable bonds is 7. The van der Waals surface area contributed by atoms with Gasteiger partial charge in [0, 0.05) is 11.5 Å². The second-order valence-corrected chi connectivity index (χ2v) is 8.81. The SMILES string of the molecule is C=C(C)C(=O)OCC(F)(F)C(F)(F)COC1C2CC3C1OS(=O)(=O)C3C2. The molecule has 2 bridgehead atoms. The molecule has 0 amide bonds. The summed E-state index contributed by atoms with van der Waals surface area (Å²) >= 11 is 0. The Labute approximate surface area is 147 Å². The van der Waals surface area contributed by atoms with Crippen molar-refractivity contribution in [3.8, 4) is 0 Å². The molecular formula is C15H18F4O6S. The second kappa shape index (κ2) is 6.16. The van der Waals surface area contributed by atoms with E-state index in [0.717, 1.165) is 0 Å². The summed E-state index contributed by atoms with van der Waals surface area (Å²) in [7, 11) is -3.75. The van der Waals surface area contributed by atoms with E-state index in [9.17, 15) is 30.8 Å². The number of halogens is 4. The fourth-order valence-corrected chi connectivity index (χ4v) is 5.68. The van der Waals surface area contributed by atoms with Gasteiger partial charge in [-0.15, -0.1) is 0 Å². The molecule has 1 heterocycles. The van der Waals surface area contributed by atoms with Gasteiger partial charge in [-0.3, -0.25) is 4.18 Å². The molecule has 6 nitrogen and oxygen atoms in total. The van der Waals surface area contributed by atoms with Crippen LogP contribution in [-0.4, -0.2) is 56.9 Å². The molecule has 3 fully saturated rings. The molecule has 0 N–H and O–H groups in total. The first kappa shape index (κ1) is 19.6. The molecule has 2 saturated carbocycles. The molecule has 1 aliphatic heterocycles. The molecule has 11 heteroatoms. The molecule has 0 radical (unpaired) electrons. The van der Waals surface area contributed by atoms with Gasteiger partial charge in [-0.2, -0.15) is 26.0 Å². The Kier molecular flexibility index (Phi) is 4.64. The van der Waals surface area contributed by atoms with Crippen molar-refractivity contribution in [2.45, 2.75) is 49.1 Å². The van der Waals surface area contributed by atoms with Crippen molar-refractivity contribution in [1.82, 2.24) is 0 Å². The summed E-state index contributed by atoms with van der Waals surface area (Å²) in [6, 6.07) is 0. The van der Waals surface area contributed by atoms with Crippen LogP contribution in [0.25, 0.3) is 0 Å². The fourth-order valence-electron chi connectivity index (χ4n) is 3.80. The first-order valence-electron chi connectivity index (χ1n) is 7.98. The summed E-state index contributed by atoms with van der Waals surface area (Å²) in [4.78, 5) is 11.1. The van der Waals surface area contributed by atoms with Gasteiger partial charge in [0.1, 0.15) is 12.7 Å². The molecule has 0 spiro atoms. The normalized spacial score (nSPS) is 34.9. The summed E-state index contributed by atoms with van der Waals surface area (Å²) in [5.41, 5.74) is -0.198. The van der Waals surface area contributed by atoms with Crippen LogP contribution in [0.15, 0.2) is 12.2 Å². The Hall–Kier alpha value is -1.20. The van der Waals surface area contributed by atoms with Crippen molar-refractivity contribution < 1.29 is 44.4 Å². The molecule has 1 saturated heterocycles. The van der Waals surface area contributed by atoms with E-state index < -0.39 is 58.6 Å². The van der Waals surface area contributed by atoms with E-state index in [-0.39, 0.29) is 23.8 Å². The Morgan fingerprint density at radius 1 is 1.19 bits per heavy atom. The number of alkyl halides is 4. The number of carbonyl (C=O) groups is 1. The molecule has 148 valence electrons. The largest absolute Gasteiger partial charge is 0.456 e. The molecule has 5 unspecified atom stereocenters. The number of hydrogen-bond acceptors (Lipinski definition) is 6. The van der Waals surface area contributed by atoms with Crippen LogP contribution in [0.2, 0.25) is 0 Å². The lowest BCUT2D eigenvalue weighted by molar-refractivity contribution is -0.257. The van der Waals surface area contributed by atoms with Gasteiger partial charge in [0.2, 0.25) is 0 Å². The lowest BCUT2D eigenvalue weighted by Crippen LogP contribution is -2.49. The maximum absolute atomic E-state index is 13.9. The summed E-state index contributed by atoms with van der Waals surface area (Å²) in [5, 5.41) is -0.666. The van der Waals surface area contributed by atoms with E-state index in [1.54, 1.807) is 0 Å². The van der Waals surface area contributed by atoms with E-state index in [1.807, 2.05) is 0 Å². The van der Waals surface area contributed by atoms with Gasteiger partial charge in [-0.05, 0) is 25.7 Å². The molecule has 3 rings (SSSR count). The number of fused-ring (bicyclic) bond motifs is 1. The van der Waals surface area contributed by atoms with Gasteiger partial charge in [0.05, 0.1) is 11.4 Å². The Morgan fingerprint density at radius 2 is 1.81 bits per heavy atom. The van der Waals surface area contributed by atoms with Gasteiger partial charge in [-0.25, -0.2) is 4.79 Å². The first-order chi connectivity index (χ1) is 11.9. The predicted octanol–water partition coefficient (Wildman–Crippen LogP) is 1.90. The van der Waals surface area contributed by atoms with Gasteiger partial charge >= 0.3 is 17.8 Å². The summed E-state index contributed by atoms with van der Waals surface area (Å²) in [6.45, 7) is 0.908. The van der Waals surface area contributed by atoms with Crippen LogP contribution in [0.3, 0.4) is 0 Å². The van der Waals surface area contributed by atoms with E-state index in [0.29, 0.717) is 6.42 Å². The molecule has 5 atom stereocenters. The Bertz CT molecular complexity index is 722. The highest BCUT2D eigenvalue weighted by atomic mass is 32.2. The molecule has 0 aromatic carbocycles. The number of ether oxygens (including phenoxy) is 2. The summed E-state index contributed by atoms with van der Waals surface area (Å²) in [5.74, 6) is -11.1. The highest BCUT2D eigenvalue weighted by Crippen LogP contribution is 2.55. The van der Waals surface area contributed by atoms with Crippen molar-refractivity contribution in [1.29, 1.82) is 0 Å². The zero-order valence-electron chi connectivity index (χ0n) is 13.8. The van der Waals surface area contributed by atoms with Crippen LogP contribution in [0.1, 0.15) is 19.8 Å². The van der Waals surface area contributed by atoms with E-state index >= 15 is 0 Å². The van der Waals surface area contributed by atoms with Gasteiger partial charge in [-0.1, -0.05) is 6.58 Å². The minimum atomic E-state index is -4.65. The van der Waals surface area contributed by atoms with Crippen LogP contribution < -0.4 is 0 Å². The fraction of sp³-hybridized carbons (Fsp3) is 0.800. The van der Waals surface area contributed by atoms with Crippen LogP contribution in [0.5, 0.6) is 0 Å². The van der Waals surface area contributed by atoms with Crippen LogP contribution >= 0.6 is 0 Å². The number of carbonyl (C=O) groups excluding carboxylic acids is 1. The van der Waals surface area contributed by atoms with Crippen LogP contribution in [0.4, 0.5) is 17.6 Å². The highest BCUT2D eigenvalue weighted by molar-refractivity contribution is 7.87. The number of hydrogen-bond donors (Lipinski definition) is 0. The van der Waals surface area contributed by atoms with Gasteiger partial charge in [0.25, 0.3) is 10.1 Å². The molecule has 3 aliphatic rings. The molecule has 26 heavy (non-hydrogen) atoms. The lowest BCUT2D eigenvalue weighted by atomic mass is 9.94. The van der Waals surface area contributed by atoms with Gasteiger partial charge in [0.15, 0.2) is 6.61 Å². The third kappa shape index (κ3) is 3.13. The van der Waals surface area contributed by atoms with Crippen molar-refractivity contribution in [2.24, 2.45) is 11.8 Å². The molecule has 0 aromatic rings. The maximum Gasteiger partial charge on any atom is 0.345 e. The van der Waals surface area contributed by atoms with Crippen molar-refractivity contribution >= 4 is 16.1 Å². The van der Waals surface area contributed by atoms with E-state index in [1.165, 1.54) is 6.92 Å². The van der Waals surface area contributed by atoms with Gasteiger partial charge < -0.3 is 9.47 Å². The average molecular weight is 402 g/mol. The zero-order chi connectivity index (χ0) is 19.5. The Balaban J connectivity index is 1.60. The van der Waals surface area contributed by atoms with Crippen molar-refractivity contribution in [2.75, 3.05) is 13.2 Å². The van der Waals surface area contributed by atoms with Crippen LogP contribution in [-0.2, 0) is 28.6 Å². The third-order valence-electron chi connectivity index (χ3n) is 5.14. The monoisotopic (exact) mass is 402 g/mol. The smallest absolute Gasteiger partial charge is 0.345 e. The zero-order valence-corrected chi connectivity index (χ0v) is 14.6. The minimum Gasteiger partial charge on any atom is -0.456 e. The molecule has 2 aliphatic carbocycles. The summed E-state index contributed by atoms with van der Waals surface area (Å²) < 4.78 is 92.9. The van der Waals surface area contributed by atoms with E-state index in [2.05, 4.69) is 11.3 Å². The highest BCUT2D eigenvalue weighted by Gasteiger charge is 2.65. The number of esters is 1.